The Morgan fingerprint density at radius 3 is 2.74 bits per heavy atom. The predicted molar refractivity (Wildman–Crippen MR) is 143 cm³/mol. The molecule has 0 spiro atoms. The number of aliphatic carboxylic acids is 1. The number of carbonyl (C=O) groups excluding carboxylic acids is 2. The molecule has 204 valence electrons. The highest BCUT2D eigenvalue weighted by molar-refractivity contribution is 8.00. The molecule has 0 saturated carbocycles. The molecule has 2 unspecified atom stereocenters. The standard InChI is InChI=1S/C19H25N11O5S3/c1-2-35-28-9(7-3-36-17(23)25-7)13(31)26-10-14(32)29-4-19(16(33)34,5-37-15(10)29)6-38-18-27-11(21)8(20)12(22)30(18)24/h3,10,15H,2,4-6,24H2,1H3,(H9,20,21,22,23,25,26,28,31,33,34)/p+1/t10?,15-,19?/m1/s1. The zero-order chi connectivity index (χ0) is 27.8. The molecule has 0 radical (unpaired) electrons. The Labute approximate surface area is 228 Å². The maximum absolute atomic E-state index is 13.0. The molecule has 0 aromatic carbocycles. The van der Waals surface area contributed by atoms with Crippen molar-refractivity contribution in [3.8, 4) is 0 Å². The summed E-state index contributed by atoms with van der Waals surface area (Å²) in [5.41, 5.74) is 21.8. The molecule has 2 aromatic heterocycles. The van der Waals surface area contributed by atoms with Gasteiger partial charge in [0.1, 0.15) is 29.1 Å². The summed E-state index contributed by atoms with van der Waals surface area (Å²) >= 11 is 3.40. The number of thioether (sulfide) groups is 2. The van der Waals surface area contributed by atoms with E-state index in [4.69, 9.17) is 33.6 Å². The van der Waals surface area contributed by atoms with E-state index in [1.165, 1.54) is 16.7 Å². The van der Waals surface area contributed by atoms with Gasteiger partial charge in [-0.2, -0.15) is 0 Å². The number of rotatable bonds is 9. The van der Waals surface area contributed by atoms with Crippen LogP contribution in [0.1, 0.15) is 12.6 Å². The number of anilines is 4. The molecule has 2 aliphatic rings. The van der Waals surface area contributed by atoms with Gasteiger partial charge in [0.05, 0.1) is 0 Å². The fraction of sp³-hybridized carbons (Fsp3) is 0.421. The first-order valence-electron chi connectivity index (χ1n) is 11.0. The Hall–Kier alpha value is -3.71. The fourth-order valence-corrected chi connectivity index (χ4v) is 7.07. The van der Waals surface area contributed by atoms with Crippen LogP contribution in [0, 0.1) is 5.41 Å². The van der Waals surface area contributed by atoms with Gasteiger partial charge >= 0.3 is 11.1 Å². The second kappa shape index (κ2) is 10.6. The van der Waals surface area contributed by atoms with Gasteiger partial charge in [0, 0.05) is 23.4 Å². The molecule has 2 amide bonds. The molecule has 16 nitrogen and oxygen atoms in total. The number of oxime groups is 1. The number of nitrogens with one attached hydrogen (secondary N) is 1. The number of carboxylic acid groups (broad SMARTS) is 1. The van der Waals surface area contributed by atoms with Crippen LogP contribution >= 0.6 is 34.9 Å². The molecule has 4 heterocycles. The number of nitrogens with two attached hydrogens (primary N) is 5. The number of hydrogen-bond donors (Lipinski definition) is 7. The van der Waals surface area contributed by atoms with Crippen molar-refractivity contribution < 1.29 is 29.0 Å². The van der Waals surface area contributed by atoms with Crippen LogP contribution in [0.15, 0.2) is 15.7 Å². The molecule has 12 N–H and O–H groups in total. The highest BCUT2D eigenvalue weighted by Crippen LogP contribution is 2.44. The second-order valence-corrected chi connectivity index (χ2v) is 11.3. The van der Waals surface area contributed by atoms with Gasteiger partial charge in [-0.15, -0.1) is 27.8 Å². The van der Waals surface area contributed by atoms with Crippen LogP contribution in [-0.2, 0) is 19.2 Å². The van der Waals surface area contributed by atoms with E-state index in [1.54, 1.807) is 12.3 Å². The number of nitrogen functional groups attached to an aromatic ring is 5. The normalized spacial score (nSPS) is 22.9. The van der Waals surface area contributed by atoms with Crippen molar-refractivity contribution in [3.05, 3.63) is 11.1 Å². The molecule has 3 atom stereocenters. The summed E-state index contributed by atoms with van der Waals surface area (Å²) in [5, 5.41) is 18.1. The zero-order valence-electron chi connectivity index (χ0n) is 20.0. The molecular weight excluding hydrogens is 558 g/mol. The molecule has 2 aliphatic heterocycles. The quantitative estimate of drug-likeness (QED) is 0.0316. The summed E-state index contributed by atoms with van der Waals surface area (Å²) in [6.07, 6.45) is 0. The number of aromatic nitrogens is 3. The lowest BCUT2D eigenvalue weighted by Crippen LogP contribution is -2.74. The van der Waals surface area contributed by atoms with Crippen molar-refractivity contribution >= 4 is 80.8 Å². The van der Waals surface area contributed by atoms with Gasteiger partial charge < -0.3 is 43.1 Å². The number of nitrogens with zero attached hydrogens (tertiary/aromatic N) is 5. The lowest BCUT2D eigenvalue weighted by molar-refractivity contribution is -0.667. The van der Waals surface area contributed by atoms with Crippen molar-refractivity contribution in [2.75, 3.05) is 53.4 Å². The monoisotopic (exact) mass is 584 g/mol. The molecule has 38 heavy (non-hydrogen) atoms. The molecule has 2 fully saturated rings. The van der Waals surface area contributed by atoms with E-state index in [0.29, 0.717) is 0 Å². The van der Waals surface area contributed by atoms with Crippen LogP contribution < -0.4 is 38.8 Å². The van der Waals surface area contributed by atoms with E-state index in [0.717, 1.165) is 27.8 Å². The minimum atomic E-state index is -1.32. The number of thiazole rings is 1. The first-order valence-corrected chi connectivity index (χ1v) is 13.9. The van der Waals surface area contributed by atoms with Gasteiger partial charge in [0.25, 0.3) is 11.7 Å². The molecule has 19 heteroatoms. The number of amides is 2. The van der Waals surface area contributed by atoms with Crippen LogP contribution in [0.3, 0.4) is 0 Å². The van der Waals surface area contributed by atoms with Gasteiger partial charge in [-0.1, -0.05) is 10.1 Å². The lowest BCUT2D eigenvalue weighted by atomic mass is 9.89. The second-order valence-electron chi connectivity index (χ2n) is 8.37. The molecule has 0 bridgehead atoms. The summed E-state index contributed by atoms with van der Waals surface area (Å²) in [5.74, 6) is 3.88. The maximum Gasteiger partial charge on any atom is 0.322 e. The number of carbonyl (C=O) groups is 3. The van der Waals surface area contributed by atoms with Gasteiger partial charge in [-0.25, -0.2) is 4.98 Å². The molecular formula is C19H26N11O5S3+. The van der Waals surface area contributed by atoms with Crippen molar-refractivity contribution in [2.45, 2.75) is 23.5 Å². The van der Waals surface area contributed by atoms with Gasteiger partial charge in [-0.3, -0.25) is 20.2 Å². The van der Waals surface area contributed by atoms with Crippen molar-refractivity contribution in [1.82, 2.24) is 20.2 Å². The van der Waals surface area contributed by atoms with Crippen molar-refractivity contribution in [3.63, 3.8) is 0 Å². The SMILES string of the molecule is CCON=C(C(=O)NC1C(=O)N2CC(CSc3nc(N)c(N)c(N)[n+]3N)(C(=O)O)CS[C@H]12)c1csc(N)n1. The molecule has 0 aliphatic carbocycles. The van der Waals surface area contributed by atoms with Crippen molar-refractivity contribution in [2.24, 2.45) is 10.6 Å². The third kappa shape index (κ3) is 4.90. The molecule has 2 aromatic rings. The third-order valence-electron chi connectivity index (χ3n) is 5.86. The first kappa shape index (κ1) is 27.3. The van der Waals surface area contributed by atoms with Crippen LogP contribution in [-0.4, -0.2) is 79.5 Å². The maximum atomic E-state index is 13.0. The lowest BCUT2D eigenvalue weighted by Gasteiger charge is -2.53. The highest BCUT2D eigenvalue weighted by Gasteiger charge is 2.57. The van der Waals surface area contributed by atoms with Crippen LogP contribution in [0.4, 0.5) is 22.5 Å². The van der Waals surface area contributed by atoms with Crippen molar-refractivity contribution in [1.29, 1.82) is 0 Å². The minimum Gasteiger partial charge on any atom is -0.481 e. The van der Waals surface area contributed by atoms with E-state index in [2.05, 4.69) is 20.4 Å². The third-order valence-corrected chi connectivity index (χ3v) is 9.37. The minimum absolute atomic E-state index is 0.00783. The first-order chi connectivity index (χ1) is 18.0. The van der Waals surface area contributed by atoms with Crippen LogP contribution in [0.2, 0.25) is 0 Å². The molecule has 4 rings (SSSR count). The molecule has 2 saturated heterocycles. The Morgan fingerprint density at radius 2 is 2.11 bits per heavy atom. The smallest absolute Gasteiger partial charge is 0.322 e. The van der Waals surface area contributed by atoms with E-state index in [1.807, 2.05) is 0 Å². The van der Waals surface area contributed by atoms with Gasteiger partial charge in [0.15, 0.2) is 16.5 Å². The topological polar surface area (TPSA) is 268 Å². The summed E-state index contributed by atoms with van der Waals surface area (Å²) in [4.78, 5) is 52.9. The van der Waals surface area contributed by atoms with Gasteiger partial charge in [-0.05, 0) is 18.7 Å². The summed E-state index contributed by atoms with van der Waals surface area (Å²) in [6.45, 7) is 1.84. The Morgan fingerprint density at radius 1 is 1.37 bits per heavy atom. The zero-order valence-corrected chi connectivity index (χ0v) is 22.4. The van der Waals surface area contributed by atoms with E-state index in [-0.39, 0.29) is 63.7 Å². The Kier molecular flexibility index (Phi) is 7.61. The largest absolute Gasteiger partial charge is 0.481 e. The summed E-state index contributed by atoms with van der Waals surface area (Å²) < 4.78 is 1.03. The Balaban J connectivity index is 1.45. The summed E-state index contributed by atoms with van der Waals surface area (Å²) in [7, 11) is 0. The van der Waals surface area contributed by atoms with E-state index < -0.39 is 34.6 Å². The average molecular weight is 585 g/mol. The van der Waals surface area contributed by atoms with Crippen LogP contribution in [0.5, 0.6) is 0 Å². The fourth-order valence-electron chi connectivity index (χ4n) is 3.73. The highest BCUT2D eigenvalue weighted by atomic mass is 32.2. The van der Waals surface area contributed by atoms with E-state index >= 15 is 0 Å². The summed E-state index contributed by atoms with van der Waals surface area (Å²) in [6, 6.07) is -0.876. The van der Waals surface area contributed by atoms with Gasteiger partial charge in [0.2, 0.25) is 11.7 Å². The van der Waals surface area contributed by atoms with E-state index in [9.17, 15) is 19.5 Å². The number of carboxylic acids is 1. The average Bonchev–Trinajstić information content (AvgIpc) is 3.32. The Bertz CT molecular complexity index is 1320. The number of hydrogen-bond acceptors (Lipinski definition) is 15. The number of β-lactam (4-membered cyclic amide) rings is 1. The predicted octanol–water partition coefficient (Wildman–Crippen LogP) is -2.13. The number of fused-ring (bicyclic) bond motifs is 1. The van der Waals surface area contributed by atoms with Crippen LogP contribution in [0.25, 0.3) is 0 Å².